The number of hydrogen-bond donors (Lipinski definition) is 2. The summed E-state index contributed by atoms with van der Waals surface area (Å²) in [5.74, 6) is 1.15. The molecule has 0 radical (unpaired) electrons. The van der Waals surface area contributed by atoms with Crippen LogP contribution in [0.25, 0.3) is 0 Å². The Morgan fingerprint density at radius 3 is 2.07 bits per heavy atom. The van der Waals surface area contributed by atoms with Gasteiger partial charge in [-0.1, -0.05) is 40.5 Å². The van der Waals surface area contributed by atoms with E-state index in [1.165, 1.54) is 19.3 Å². The maximum Gasteiger partial charge on any atom is 0.0687 e. The van der Waals surface area contributed by atoms with Crippen LogP contribution in [0.4, 0.5) is 0 Å². The highest BCUT2D eigenvalue weighted by atomic mass is 16.3. The van der Waals surface area contributed by atoms with E-state index in [4.69, 9.17) is 0 Å². The number of nitrogens with one attached hydrogen (secondary N) is 1. The molecule has 0 aliphatic heterocycles. The maximum atomic E-state index is 9.63. The molecule has 2 N–H and O–H groups in total. The van der Waals surface area contributed by atoms with E-state index < -0.39 is 0 Å². The van der Waals surface area contributed by atoms with Crippen molar-refractivity contribution in [2.75, 3.05) is 6.54 Å². The van der Waals surface area contributed by atoms with Crippen molar-refractivity contribution in [1.29, 1.82) is 0 Å². The summed E-state index contributed by atoms with van der Waals surface area (Å²) >= 11 is 0. The van der Waals surface area contributed by atoms with E-state index in [-0.39, 0.29) is 6.10 Å². The van der Waals surface area contributed by atoms with Crippen molar-refractivity contribution >= 4 is 0 Å². The molecule has 0 aromatic heterocycles. The van der Waals surface area contributed by atoms with Crippen molar-refractivity contribution in [3.63, 3.8) is 0 Å². The average molecular weight is 215 g/mol. The average Bonchev–Trinajstić information content (AvgIpc) is 2.13. The highest BCUT2D eigenvalue weighted by Crippen LogP contribution is 2.08. The van der Waals surface area contributed by atoms with Gasteiger partial charge in [0.2, 0.25) is 0 Å². The minimum absolute atomic E-state index is 0.211. The second-order valence-corrected chi connectivity index (χ2v) is 5.45. The SMILES string of the molecule is CC(C)CCCC(C)NCC(O)C(C)C. The number of aliphatic hydroxyl groups is 1. The summed E-state index contributed by atoms with van der Waals surface area (Å²) in [6, 6.07) is 0.525. The van der Waals surface area contributed by atoms with Crippen molar-refractivity contribution in [1.82, 2.24) is 5.32 Å². The molecule has 2 heteroatoms. The standard InChI is InChI=1S/C13H29NO/c1-10(2)7-6-8-12(5)14-9-13(15)11(3)4/h10-15H,6-9H2,1-5H3. The molecular weight excluding hydrogens is 186 g/mol. The van der Waals surface area contributed by atoms with E-state index in [1.54, 1.807) is 0 Å². The lowest BCUT2D eigenvalue weighted by Crippen LogP contribution is -2.36. The Labute approximate surface area is 95.5 Å². The molecule has 0 bridgehead atoms. The summed E-state index contributed by atoms with van der Waals surface area (Å²) in [4.78, 5) is 0. The third kappa shape index (κ3) is 8.88. The Balaban J connectivity index is 3.44. The van der Waals surface area contributed by atoms with Gasteiger partial charge in [-0.2, -0.15) is 0 Å². The van der Waals surface area contributed by atoms with Crippen molar-refractivity contribution < 1.29 is 5.11 Å². The maximum absolute atomic E-state index is 9.63. The number of rotatable bonds is 8. The van der Waals surface area contributed by atoms with Crippen LogP contribution in [0, 0.1) is 11.8 Å². The van der Waals surface area contributed by atoms with Crippen LogP contribution in [-0.2, 0) is 0 Å². The molecule has 0 amide bonds. The monoisotopic (exact) mass is 215 g/mol. The Kier molecular flexibility index (Phi) is 8.07. The van der Waals surface area contributed by atoms with E-state index in [2.05, 4.69) is 39.9 Å². The lowest BCUT2D eigenvalue weighted by Gasteiger charge is -2.19. The Morgan fingerprint density at radius 2 is 1.60 bits per heavy atom. The molecular formula is C13H29NO. The minimum Gasteiger partial charge on any atom is -0.392 e. The lowest BCUT2D eigenvalue weighted by molar-refractivity contribution is 0.120. The topological polar surface area (TPSA) is 32.3 Å². The summed E-state index contributed by atoms with van der Waals surface area (Å²) in [5, 5.41) is 13.0. The first-order chi connectivity index (χ1) is 6.93. The van der Waals surface area contributed by atoms with Crippen LogP contribution in [0.5, 0.6) is 0 Å². The zero-order valence-corrected chi connectivity index (χ0v) is 11.1. The van der Waals surface area contributed by atoms with Gasteiger partial charge in [0.05, 0.1) is 6.10 Å². The van der Waals surface area contributed by atoms with Crippen molar-refractivity contribution in [3.8, 4) is 0 Å². The van der Waals surface area contributed by atoms with Crippen LogP contribution >= 0.6 is 0 Å². The first-order valence-electron chi connectivity index (χ1n) is 6.35. The minimum atomic E-state index is -0.211. The fraction of sp³-hybridized carbons (Fsp3) is 1.00. The van der Waals surface area contributed by atoms with Crippen LogP contribution in [0.15, 0.2) is 0 Å². The molecule has 0 spiro atoms. The summed E-state index contributed by atoms with van der Waals surface area (Å²) < 4.78 is 0. The molecule has 92 valence electrons. The van der Waals surface area contributed by atoms with Crippen LogP contribution in [0.2, 0.25) is 0 Å². The van der Waals surface area contributed by atoms with E-state index >= 15 is 0 Å². The molecule has 0 aliphatic rings. The van der Waals surface area contributed by atoms with E-state index in [0.717, 1.165) is 12.5 Å². The molecule has 2 unspecified atom stereocenters. The molecule has 2 nitrogen and oxygen atoms in total. The molecule has 0 fully saturated rings. The third-order valence-electron chi connectivity index (χ3n) is 2.86. The lowest BCUT2D eigenvalue weighted by atomic mass is 10.0. The molecule has 0 aliphatic carbocycles. The van der Waals surface area contributed by atoms with Gasteiger partial charge in [-0.25, -0.2) is 0 Å². The second kappa shape index (κ2) is 8.12. The van der Waals surface area contributed by atoms with Crippen LogP contribution in [-0.4, -0.2) is 23.8 Å². The smallest absolute Gasteiger partial charge is 0.0687 e. The normalized spacial score (nSPS) is 16.0. The molecule has 0 saturated carbocycles. The van der Waals surface area contributed by atoms with Crippen LogP contribution in [0.3, 0.4) is 0 Å². The molecule has 0 rings (SSSR count). The quantitative estimate of drug-likeness (QED) is 0.652. The zero-order chi connectivity index (χ0) is 11.8. The number of hydrogen-bond acceptors (Lipinski definition) is 2. The second-order valence-electron chi connectivity index (χ2n) is 5.45. The van der Waals surface area contributed by atoms with Crippen LogP contribution in [0.1, 0.15) is 53.9 Å². The largest absolute Gasteiger partial charge is 0.392 e. The highest BCUT2D eigenvalue weighted by molar-refractivity contribution is 4.67. The first-order valence-corrected chi connectivity index (χ1v) is 6.35. The van der Waals surface area contributed by atoms with Gasteiger partial charge in [-0.3, -0.25) is 0 Å². The first kappa shape index (κ1) is 14.9. The predicted molar refractivity (Wildman–Crippen MR) is 67.0 cm³/mol. The predicted octanol–water partition coefficient (Wildman–Crippen LogP) is 2.81. The van der Waals surface area contributed by atoms with E-state index in [1.807, 2.05) is 0 Å². The zero-order valence-electron chi connectivity index (χ0n) is 11.1. The van der Waals surface area contributed by atoms with E-state index in [0.29, 0.717) is 12.0 Å². The fourth-order valence-corrected chi connectivity index (χ4v) is 1.49. The van der Waals surface area contributed by atoms with Gasteiger partial charge in [-0.15, -0.1) is 0 Å². The summed E-state index contributed by atoms with van der Waals surface area (Å²) in [5.41, 5.74) is 0. The van der Waals surface area contributed by atoms with Crippen molar-refractivity contribution in [2.24, 2.45) is 11.8 Å². The third-order valence-corrected chi connectivity index (χ3v) is 2.86. The van der Waals surface area contributed by atoms with E-state index in [9.17, 15) is 5.11 Å². The molecule has 0 aromatic carbocycles. The fourth-order valence-electron chi connectivity index (χ4n) is 1.49. The molecule has 0 saturated heterocycles. The van der Waals surface area contributed by atoms with Gasteiger partial charge in [0.15, 0.2) is 0 Å². The molecule has 15 heavy (non-hydrogen) atoms. The van der Waals surface area contributed by atoms with Crippen molar-refractivity contribution in [2.45, 2.75) is 66.0 Å². The van der Waals surface area contributed by atoms with Gasteiger partial charge in [0, 0.05) is 12.6 Å². The summed E-state index contributed by atoms with van der Waals surface area (Å²) in [7, 11) is 0. The Morgan fingerprint density at radius 1 is 1.00 bits per heavy atom. The van der Waals surface area contributed by atoms with Gasteiger partial charge in [0.25, 0.3) is 0 Å². The van der Waals surface area contributed by atoms with Gasteiger partial charge in [0.1, 0.15) is 0 Å². The number of aliphatic hydroxyl groups excluding tert-OH is 1. The highest BCUT2D eigenvalue weighted by Gasteiger charge is 2.10. The summed E-state index contributed by atoms with van der Waals surface area (Å²) in [6.45, 7) is 11.6. The van der Waals surface area contributed by atoms with Crippen molar-refractivity contribution in [3.05, 3.63) is 0 Å². The molecule has 0 aromatic rings. The van der Waals surface area contributed by atoms with Gasteiger partial charge >= 0.3 is 0 Å². The van der Waals surface area contributed by atoms with Gasteiger partial charge < -0.3 is 10.4 Å². The van der Waals surface area contributed by atoms with Gasteiger partial charge in [-0.05, 0) is 25.2 Å². The Bertz CT molecular complexity index is 145. The summed E-state index contributed by atoms with van der Waals surface area (Å²) in [6.07, 6.45) is 3.59. The Hall–Kier alpha value is -0.0800. The molecule has 2 atom stereocenters. The molecule has 0 heterocycles. The van der Waals surface area contributed by atoms with Crippen LogP contribution < -0.4 is 5.32 Å².